The molecule has 0 aromatic rings. The first kappa shape index (κ1) is 59.6. The first-order valence-corrected chi connectivity index (χ1v) is 26.2. The molecule has 0 bridgehead atoms. The second-order valence-electron chi connectivity index (χ2n) is 18.6. The molecule has 1 heterocycles. The monoisotopic (exact) mass is 898 g/mol. The summed E-state index contributed by atoms with van der Waals surface area (Å²) in [6, 6.07) is -1.16. The Balaban J connectivity index is 2.09. The van der Waals surface area contributed by atoms with Crippen molar-refractivity contribution in [3.05, 3.63) is 24.3 Å². The highest BCUT2D eigenvalue weighted by molar-refractivity contribution is 5.80. The maximum absolute atomic E-state index is 13.0. The van der Waals surface area contributed by atoms with E-state index in [2.05, 4.69) is 43.5 Å². The highest BCUT2D eigenvalue weighted by Crippen LogP contribution is 2.23. The van der Waals surface area contributed by atoms with Gasteiger partial charge in [0.1, 0.15) is 36.6 Å². The zero-order valence-corrected chi connectivity index (χ0v) is 40.3. The highest BCUT2D eigenvalue weighted by Gasteiger charge is 2.44. The minimum absolute atomic E-state index is 0.261. The Kier molecular flexibility index (Phi) is 39.7. The van der Waals surface area contributed by atoms with Crippen LogP contribution in [0.2, 0.25) is 0 Å². The standard InChI is InChI=1S/C52H99NO10/c1-3-5-7-9-10-11-12-13-14-15-16-17-18-19-20-21-22-23-24-25-26-27-28-29-30-31-32-33-34-35-36-38-40-45(56)51(61)53-43(47(57)44(55)39-37-8-6-4-2)42-62-52-50(60)49(59)48(58)46(41-54)63-52/h16-17,19-20,43-50,52,54-60H,3-15,18,21-42H2,1-2H3,(H,53,61)/b17-16-,20-19-. The van der Waals surface area contributed by atoms with Crippen molar-refractivity contribution in [3.63, 3.8) is 0 Å². The van der Waals surface area contributed by atoms with Gasteiger partial charge < -0.3 is 50.5 Å². The third-order valence-electron chi connectivity index (χ3n) is 12.8. The number of unbranched alkanes of at least 4 members (excludes halogenated alkanes) is 28. The second-order valence-corrected chi connectivity index (χ2v) is 18.6. The van der Waals surface area contributed by atoms with Crippen molar-refractivity contribution in [2.45, 2.75) is 287 Å². The molecule has 1 aliphatic rings. The van der Waals surface area contributed by atoms with Crippen LogP contribution in [0.1, 0.15) is 232 Å². The average Bonchev–Trinajstić information content (AvgIpc) is 3.28. The van der Waals surface area contributed by atoms with Gasteiger partial charge >= 0.3 is 0 Å². The molecule has 0 saturated carbocycles. The van der Waals surface area contributed by atoms with Crippen LogP contribution in [0.25, 0.3) is 0 Å². The zero-order chi connectivity index (χ0) is 46.2. The van der Waals surface area contributed by atoms with Gasteiger partial charge in [-0.1, -0.05) is 212 Å². The van der Waals surface area contributed by atoms with Crippen LogP contribution in [-0.4, -0.2) is 110 Å². The summed E-state index contributed by atoms with van der Waals surface area (Å²) in [5.41, 5.74) is 0. The Hall–Kier alpha value is -1.41. The quantitative estimate of drug-likeness (QED) is 0.0216. The van der Waals surface area contributed by atoms with Gasteiger partial charge in [-0.2, -0.15) is 0 Å². The molecule has 0 aromatic carbocycles. The molecule has 1 rings (SSSR count). The van der Waals surface area contributed by atoms with Gasteiger partial charge in [-0.3, -0.25) is 4.79 Å². The summed E-state index contributed by atoms with van der Waals surface area (Å²) in [7, 11) is 0. The number of nitrogens with one attached hydrogen (secondary N) is 1. The summed E-state index contributed by atoms with van der Waals surface area (Å²) in [6.07, 6.45) is 37.8. The van der Waals surface area contributed by atoms with E-state index in [1.165, 1.54) is 148 Å². The normalized spacial score (nSPS) is 21.3. The SMILES string of the molecule is CCCCCCCCCCC/C=C\C/C=C\CCCCCCCCCCCCCCCCCCC(O)C(=O)NC(COC1OC(CO)C(O)C(O)C1O)C(O)C(O)CCCCCC. The Morgan fingerprint density at radius 2 is 0.968 bits per heavy atom. The lowest BCUT2D eigenvalue weighted by molar-refractivity contribution is -0.303. The second kappa shape index (κ2) is 42.0. The van der Waals surface area contributed by atoms with Gasteiger partial charge in [0, 0.05) is 0 Å². The van der Waals surface area contributed by atoms with E-state index < -0.39 is 74.2 Å². The van der Waals surface area contributed by atoms with E-state index in [-0.39, 0.29) is 6.42 Å². The number of amides is 1. The minimum atomic E-state index is -1.66. The molecule has 1 saturated heterocycles. The fraction of sp³-hybridized carbons (Fsp3) is 0.904. The van der Waals surface area contributed by atoms with Crippen LogP contribution < -0.4 is 5.32 Å². The summed E-state index contributed by atoms with van der Waals surface area (Å²) in [5, 5.41) is 75.0. The van der Waals surface area contributed by atoms with Gasteiger partial charge in [0.25, 0.3) is 0 Å². The molecule has 1 fully saturated rings. The van der Waals surface area contributed by atoms with E-state index in [9.17, 15) is 40.5 Å². The van der Waals surface area contributed by atoms with Crippen LogP contribution in [0, 0.1) is 0 Å². The molecule has 372 valence electrons. The zero-order valence-electron chi connectivity index (χ0n) is 40.3. The van der Waals surface area contributed by atoms with Crippen LogP contribution in [0.15, 0.2) is 24.3 Å². The van der Waals surface area contributed by atoms with Crippen molar-refractivity contribution in [1.29, 1.82) is 0 Å². The molecule has 0 radical (unpaired) electrons. The number of allylic oxidation sites excluding steroid dienone is 4. The molecule has 0 spiro atoms. The smallest absolute Gasteiger partial charge is 0.249 e. The molecule has 9 atom stereocenters. The maximum Gasteiger partial charge on any atom is 0.249 e. The van der Waals surface area contributed by atoms with Crippen molar-refractivity contribution in [2.24, 2.45) is 0 Å². The molecule has 0 aromatic heterocycles. The average molecular weight is 898 g/mol. The van der Waals surface area contributed by atoms with Gasteiger partial charge in [-0.05, 0) is 44.9 Å². The summed E-state index contributed by atoms with van der Waals surface area (Å²) in [4.78, 5) is 13.0. The van der Waals surface area contributed by atoms with E-state index in [1.54, 1.807) is 0 Å². The largest absolute Gasteiger partial charge is 0.394 e. The lowest BCUT2D eigenvalue weighted by atomic mass is 9.98. The molecule has 0 aliphatic carbocycles. The Bertz CT molecular complexity index is 1080. The lowest BCUT2D eigenvalue weighted by Crippen LogP contribution is -2.60. The van der Waals surface area contributed by atoms with Crippen LogP contribution >= 0.6 is 0 Å². The Morgan fingerprint density at radius 1 is 0.556 bits per heavy atom. The third kappa shape index (κ3) is 31.2. The van der Waals surface area contributed by atoms with Gasteiger partial charge in [0.15, 0.2) is 6.29 Å². The van der Waals surface area contributed by atoms with Crippen LogP contribution in [-0.2, 0) is 14.3 Å². The van der Waals surface area contributed by atoms with Gasteiger partial charge in [-0.15, -0.1) is 0 Å². The van der Waals surface area contributed by atoms with E-state index in [0.29, 0.717) is 19.3 Å². The predicted octanol–water partition coefficient (Wildman–Crippen LogP) is 9.79. The first-order valence-electron chi connectivity index (χ1n) is 26.2. The number of hydrogen-bond acceptors (Lipinski definition) is 10. The number of aliphatic hydroxyl groups excluding tert-OH is 7. The summed E-state index contributed by atoms with van der Waals surface area (Å²) in [6.45, 7) is 3.30. The van der Waals surface area contributed by atoms with Crippen molar-refractivity contribution in [3.8, 4) is 0 Å². The maximum atomic E-state index is 13.0. The van der Waals surface area contributed by atoms with Crippen molar-refractivity contribution in [1.82, 2.24) is 5.32 Å². The Morgan fingerprint density at radius 3 is 1.43 bits per heavy atom. The van der Waals surface area contributed by atoms with Gasteiger partial charge in [0.05, 0.1) is 25.4 Å². The molecule has 63 heavy (non-hydrogen) atoms. The molecule has 9 unspecified atom stereocenters. The van der Waals surface area contributed by atoms with E-state index in [1.807, 2.05) is 0 Å². The number of carbonyl (C=O) groups is 1. The fourth-order valence-corrected chi connectivity index (χ4v) is 8.41. The summed E-state index contributed by atoms with van der Waals surface area (Å²) in [5.74, 6) is -0.703. The van der Waals surface area contributed by atoms with Crippen LogP contribution in [0.3, 0.4) is 0 Å². The van der Waals surface area contributed by atoms with Gasteiger partial charge in [-0.25, -0.2) is 0 Å². The molecule has 8 N–H and O–H groups in total. The molecular formula is C52H99NO10. The molecule has 1 amide bonds. The lowest BCUT2D eigenvalue weighted by Gasteiger charge is -2.40. The number of rotatable bonds is 44. The van der Waals surface area contributed by atoms with E-state index in [0.717, 1.165) is 44.9 Å². The molecular weight excluding hydrogens is 799 g/mol. The van der Waals surface area contributed by atoms with Crippen LogP contribution in [0.5, 0.6) is 0 Å². The topological polar surface area (TPSA) is 189 Å². The molecule has 11 heteroatoms. The van der Waals surface area contributed by atoms with Crippen molar-refractivity contribution in [2.75, 3.05) is 13.2 Å². The fourth-order valence-electron chi connectivity index (χ4n) is 8.41. The number of ether oxygens (including phenoxy) is 2. The van der Waals surface area contributed by atoms with E-state index in [4.69, 9.17) is 9.47 Å². The van der Waals surface area contributed by atoms with Gasteiger partial charge in [0.2, 0.25) is 5.91 Å². The summed E-state index contributed by atoms with van der Waals surface area (Å²) < 4.78 is 11.0. The molecule has 11 nitrogen and oxygen atoms in total. The molecule has 1 aliphatic heterocycles. The number of aliphatic hydroxyl groups is 7. The third-order valence-corrected chi connectivity index (χ3v) is 12.8. The van der Waals surface area contributed by atoms with E-state index >= 15 is 0 Å². The first-order chi connectivity index (χ1) is 30.7. The Labute approximate surface area is 384 Å². The highest BCUT2D eigenvalue weighted by atomic mass is 16.7. The predicted molar refractivity (Wildman–Crippen MR) is 256 cm³/mol. The minimum Gasteiger partial charge on any atom is -0.394 e. The van der Waals surface area contributed by atoms with Crippen molar-refractivity contribution < 1.29 is 50.0 Å². The number of carbonyl (C=O) groups excluding carboxylic acids is 1. The van der Waals surface area contributed by atoms with Crippen molar-refractivity contribution >= 4 is 5.91 Å². The number of hydrogen-bond donors (Lipinski definition) is 8. The summed E-state index contributed by atoms with van der Waals surface area (Å²) >= 11 is 0. The van der Waals surface area contributed by atoms with Crippen LogP contribution in [0.4, 0.5) is 0 Å².